The highest BCUT2D eigenvalue weighted by molar-refractivity contribution is 6.59. The Kier molecular flexibility index (Phi) is 5.26. The normalized spacial score (nSPS) is 15.3. The van der Waals surface area contributed by atoms with Gasteiger partial charge in [0.25, 0.3) is 0 Å². The average Bonchev–Trinajstić information content (AvgIpc) is 3.05. The molecule has 29 heavy (non-hydrogen) atoms. The molecule has 6 nitrogen and oxygen atoms in total. The molecule has 0 radical (unpaired) electrons. The predicted octanol–water partition coefficient (Wildman–Crippen LogP) is 2.47. The van der Waals surface area contributed by atoms with Crippen molar-refractivity contribution in [3.05, 3.63) is 70.9 Å². The van der Waals surface area contributed by atoms with Crippen LogP contribution in [0.1, 0.15) is 29.3 Å². The molecule has 0 bridgehead atoms. The Morgan fingerprint density at radius 3 is 2.55 bits per heavy atom. The predicted molar refractivity (Wildman–Crippen MR) is 117 cm³/mol. The van der Waals surface area contributed by atoms with E-state index in [0.29, 0.717) is 24.4 Å². The molecule has 3 aromatic rings. The van der Waals surface area contributed by atoms with Crippen LogP contribution in [0.5, 0.6) is 0 Å². The number of benzene rings is 2. The minimum atomic E-state index is -1.49. The van der Waals surface area contributed by atoms with Crippen LogP contribution in [-0.4, -0.2) is 33.2 Å². The zero-order valence-corrected chi connectivity index (χ0v) is 16.9. The van der Waals surface area contributed by atoms with Gasteiger partial charge in [0.1, 0.15) is 5.82 Å². The lowest BCUT2D eigenvalue weighted by molar-refractivity contribution is 0.425. The summed E-state index contributed by atoms with van der Waals surface area (Å²) in [5.74, 6) is 1.44. The van der Waals surface area contributed by atoms with Crippen molar-refractivity contribution >= 4 is 30.0 Å². The van der Waals surface area contributed by atoms with Crippen molar-refractivity contribution in [2.45, 2.75) is 39.8 Å². The van der Waals surface area contributed by atoms with Gasteiger partial charge in [-0.2, -0.15) is 4.98 Å². The number of nitrogens with one attached hydrogen (secondary N) is 1. The van der Waals surface area contributed by atoms with Crippen LogP contribution in [0.4, 0.5) is 17.5 Å². The van der Waals surface area contributed by atoms with Crippen molar-refractivity contribution in [3.8, 4) is 0 Å². The maximum Gasteiger partial charge on any atom is 0.488 e. The minimum absolute atomic E-state index is 0.119. The molecule has 3 N–H and O–H groups in total. The average molecular weight is 388 g/mol. The fourth-order valence-electron chi connectivity index (χ4n) is 3.89. The largest absolute Gasteiger partial charge is 0.488 e. The Labute approximate surface area is 171 Å². The topological polar surface area (TPSA) is 81.5 Å². The van der Waals surface area contributed by atoms with E-state index in [1.54, 1.807) is 6.07 Å². The lowest BCUT2D eigenvalue weighted by atomic mass is 9.76. The third kappa shape index (κ3) is 3.71. The Morgan fingerprint density at radius 2 is 1.83 bits per heavy atom. The zero-order chi connectivity index (χ0) is 20.5. The first-order valence-electron chi connectivity index (χ1n) is 9.86. The number of rotatable bonds is 5. The standard InChI is InChI=1S/C22H25BN4O2/c1-14-12-18-19(23(28)29)10-7-11-20(18)27(14)22-25-16(3)15(2)21(26-22)24-13-17-8-5-4-6-9-17/h4-11,14,28-29H,12-13H2,1-3H3,(H,24,25,26). The van der Waals surface area contributed by atoms with Crippen LogP contribution in [0.25, 0.3) is 0 Å². The van der Waals surface area contributed by atoms with Crippen LogP contribution in [0.2, 0.25) is 0 Å². The fourth-order valence-corrected chi connectivity index (χ4v) is 3.89. The molecular formula is C22H25BN4O2. The van der Waals surface area contributed by atoms with Crippen LogP contribution in [-0.2, 0) is 13.0 Å². The molecule has 0 fully saturated rings. The number of aromatic nitrogens is 2. The first kappa shape index (κ1) is 19.4. The summed E-state index contributed by atoms with van der Waals surface area (Å²) in [6.45, 7) is 6.80. The van der Waals surface area contributed by atoms with E-state index in [2.05, 4.69) is 29.3 Å². The third-order valence-electron chi connectivity index (χ3n) is 5.56. The summed E-state index contributed by atoms with van der Waals surface area (Å²) < 4.78 is 0. The summed E-state index contributed by atoms with van der Waals surface area (Å²) in [4.78, 5) is 11.7. The maximum absolute atomic E-state index is 9.73. The summed E-state index contributed by atoms with van der Waals surface area (Å²) in [5.41, 5.74) is 5.55. The molecule has 0 spiro atoms. The molecule has 148 valence electrons. The zero-order valence-electron chi connectivity index (χ0n) is 16.9. The number of hydrogen-bond acceptors (Lipinski definition) is 6. The van der Waals surface area contributed by atoms with Crippen molar-refractivity contribution < 1.29 is 10.0 Å². The van der Waals surface area contributed by atoms with E-state index in [1.807, 2.05) is 44.2 Å². The van der Waals surface area contributed by atoms with Crippen LogP contribution >= 0.6 is 0 Å². The lowest BCUT2D eigenvalue weighted by Crippen LogP contribution is -2.32. The van der Waals surface area contributed by atoms with Crippen molar-refractivity contribution in [2.24, 2.45) is 0 Å². The van der Waals surface area contributed by atoms with E-state index in [1.165, 1.54) is 5.56 Å². The van der Waals surface area contributed by atoms with Crippen LogP contribution in [0, 0.1) is 13.8 Å². The second-order valence-corrected chi connectivity index (χ2v) is 7.56. The minimum Gasteiger partial charge on any atom is -0.423 e. The summed E-state index contributed by atoms with van der Waals surface area (Å²) in [6.07, 6.45) is 0.714. The van der Waals surface area contributed by atoms with E-state index in [4.69, 9.17) is 9.97 Å². The molecular weight excluding hydrogens is 363 g/mol. The molecule has 1 unspecified atom stereocenters. The molecule has 0 amide bonds. The quantitative estimate of drug-likeness (QED) is 0.583. The van der Waals surface area contributed by atoms with Crippen molar-refractivity contribution in [1.82, 2.24) is 9.97 Å². The molecule has 7 heteroatoms. The van der Waals surface area contributed by atoms with Crippen molar-refractivity contribution in [2.75, 3.05) is 10.2 Å². The van der Waals surface area contributed by atoms with E-state index < -0.39 is 7.12 Å². The van der Waals surface area contributed by atoms with Gasteiger partial charge in [-0.05, 0) is 49.8 Å². The number of aryl methyl sites for hydroxylation is 1. The van der Waals surface area contributed by atoms with Gasteiger partial charge in [0.2, 0.25) is 5.95 Å². The van der Waals surface area contributed by atoms with Gasteiger partial charge in [-0.3, -0.25) is 0 Å². The summed E-state index contributed by atoms with van der Waals surface area (Å²) in [6, 6.07) is 15.9. The molecule has 0 saturated carbocycles. The molecule has 2 heterocycles. The summed E-state index contributed by atoms with van der Waals surface area (Å²) in [5, 5.41) is 22.9. The molecule has 1 aliphatic heterocycles. The Hall–Kier alpha value is -2.90. The maximum atomic E-state index is 9.73. The van der Waals surface area contributed by atoms with E-state index in [0.717, 1.165) is 28.3 Å². The highest BCUT2D eigenvalue weighted by Gasteiger charge is 2.33. The lowest BCUT2D eigenvalue weighted by Gasteiger charge is -2.24. The highest BCUT2D eigenvalue weighted by Crippen LogP contribution is 2.36. The number of anilines is 3. The number of nitrogens with zero attached hydrogens (tertiary/aromatic N) is 3. The molecule has 1 atom stereocenters. The van der Waals surface area contributed by atoms with Crippen molar-refractivity contribution in [1.29, 1.82) is 0 Å². The van der Waals surface area contributed by atoms with Gasteiger partial charge >= 0.3 is 7.12 Å². The molecule has 1 aromatic heterocycles. The van der Waals surface area contributed by atoms with Gasteiger partial charge in [-0.25, -0.2) is 4.98 Å². The first-order valence-corrected chi connectivity index (χ1v) is 9.86. The van der Waals surface area contributed by atoms with Gasteiger partial charge in [-0.1, -0.05) is 42.5 Å². The monoisotopic (exact) mass is 388 g/mol. The smallest absolute Gasteiger partial charge is 0.423 e. The van der Waals surface area contributed by atoms with Crippen LogP contribution in [0.15, 0.2) is 48.5 Å². The second-order valence-electron chi connectivity index (χ2n) is 7.56. The molecule has 0 saturated heterocycles. The van der Waals surface area contributed by atoms with E-state index in [9.17, 15) is 10.0 Å². The van der Waals surface area contributed by atoms with Crippen molar-refractivity contribution in [3.63, 3.8) is 0 Å². The van der Waals surface area contributed by atoms with Gasteiger partial charge in [-0.15, -0.1) is 0 Å². The van der Waals surface area contributed by atoms with Crippen LogP contribution < -0.4 is 15.7 Å². The third-order valence-corrected chi connectivity index (χ3v) is 5.56. The van der Waals surface area contributed by atoms with E-state index >= 15 is 0 Å². The Balaban J connectivity index is 1.69. The summed E-state index contributed by atoms with van der Waals surface area (Å²) in [7, 11) is -1.49. The van der Waals surface area contributed by atoms with E-state index in [-0.39, 0.29) is 6.04 Å². The molecule has 1 aliphatic rings. The fraction of sp³-hybridized carbons (Fsp3) is 0.273. The van der Waals surface area contributed by atoms with Gasteiger partial charge in [0, 0.05) is 29.5 Å². The molecule has 2 aromatic carbocycles. The van der Waals surface area contributed by atoms with Gasteiger partial charge < -0.3 is 20.3 Å². The highest BCUT2D eigenvalue weighted by atomic mass is 16.4. The second kappa shape index (κ2) is 7.85. The molecule has 4 rings (SSSR count). The van der Waals surface area contributed by atoms with Crippen LogP contribution in [0.3, 0.4) is 0 Å². The van der Waals surface area contributed by atoms with Gasteiger partial charge in [0.05, 0.1) is 0 Å². The number of hydrogen-bond donors (Lipinski definition) is 3. The molecule has 0 aliphatic carbocycles. The van der Waals surface area contributed by atoms with Gasteiger partial charge in [0.15, 0.2) is 0 Å². The first-order chi connectivity index (χ1) is 14.0. The SMILES string of the molecule is Cc1nc(N2c3cccc(B(O)O)c3CC2C)nc(NCc2ccccc2)c1C. The summed E-state index contributed by atoms with van der Waals surface area (Å²) >= 11 is 0. The Bertz CT molecular complexity index is 1030. The number of fused-ring (bicyclic) bond motifs is 1. The Morgan fingerprint density at radius 1 is 1.07 bits per heavy atom.